The number of nitriles is 1. The molecule has 150 valence electrons. The molecule has 4 nitrogen and oxygen atoms in total. The van der Waals surface area contributed by atoms with Crippen molar-refractivity contribution in [2.45, 2.75) is 39.7 Å². The molecular formula is C25H23N3OS. The standard InChI is InChI=1S/C25H23N3OS/c1-16-27-23-22(24(29)28(16)14-18-7-5-6-17(12-18)13-26)21(15-30-23)19-8-10-20(11-9-19)25(2,3)4/h5-12,15H,14H2,1-4H3. The Morgan fingerprint density at radius 3 is 2.53 bits per heavy atom. The van der Waals surface area contributed by atoms with E-state index in [1.807, 2.05) is 30.5 Å². The molecule has 0 saturated carbocycles. The van der Waals surface area contributed by atoms with Gasteiger partial charge in [0.15, 0.2) is 0 Å². The zero-order chi connectivity index (χ0) is 21.5. The quantitative estimate of drug-likeness (QED) is 0.436. The monoisotopic (exact) mass is 413 g/mol. The summed E-state index contributed by atoms with van der Waals surface area (Å²) in [6.07, 6.45) is 0. The third-order valence-corrected chi connectivity index (χ3v) is 6.22. The summed E-state index contributed by atoms with van der Waals surface area (Å²) in [6, 6.07) is 17.9. The topological polar surface area (TPSA) is 58.7 Å². The number of aryl methyl sites for hydroxylation is 1. The van der Waals surface area contributed by atoms with Gasteiger partial charge in [-0.1, -0.05) is 57.2 Å². The molecule has 0 aliphatic carbocycles. The molecule has 2 heterocycles. The number of nitrogens with zero attached hydrogens (tertiary/aromatic N) is 3. The molecule has 2 aromatic carbocycles. The summed E-state index contributed by atoms with van der Waals surface area (Å²) in [5, 5.41) is 11.8. The van der Waals surface area contributed by atoms with Crippen molar-refractivity contribution in [1.29, 1.82) is 5.26 Å². The summed E-state index contributed by atoms with van der Waals surface area (Å²) in [6.45, 7) is 8.81. The molecule has 0 saturated heterocycles. The lowest BCUT2D eigenvalue weighted by molar-refractivity contribution is 0.590. The van der Waals surface area contributed by atoms with Gasteiger partial charge < -0.3 is 0 Å². The van der Waals surface area contributed by atoms with Crippen LogP contribution in [0.25, 0.3) is 21.3 Å². The Bertz CT molecular complexity index is 1330. The number of hydrogen-bond donors (Lipinski definition) is 0. The van der Waals surface area contributed by atoms with Gasteiger partial charge in [-0.05, 0) is 41.2 Å². The number of rotatable bonds is 3. The maximum atomic E-state index is 13.5. The predicted molar refractivity (Wildman–Crippen MR) is 123 cm³/mol. The van der Waals surface area contributed by atoms with E-state index in [1.165, 1.54) is 16.9 Å². The average molecular weight is 414 g/mol. The van der Waals surface area contributed by atoms with Crippen LogP contribution in [0.2, 0.25) is 0 Å². The zero-order valence-electron chi connectivity index (χ0n) is 17.6. The van der Waals surface area contributed by atoms with E-state index in [2.05, 4.69) is 51.1 Å². The van der Waals surface area contributed by atoms with Gasteiger partial charge in [0.05, 0.1) is 23.6 Å². The van der Waals surface area contributed by atoms with Crippen LogP contribution in [0.3, 0.4) is 0 Å². The van der Waals surface area contributed by atoms with Gasteiger partial charge in [-0.2, -0.15) is 5.26 Å². The van der Waals surface area contributed by atoms with Crippen LogP contribution in [0.5, 0.6) is 0 Å². The van der Waals surface area contributed by atoms with Crippen LogP contribution in [0.4, 0.5) is 0 Å². The van der Waals surface area contributed by atoms with Crippen LogP contribution < -0.4 is 5.56 Å². The predicted octanol–water partition coefficient (Wildman–Crippen LogP) is 5.65. The summed E-state index contributed by atoms with van der Waals surface area (Å²) in [4.78, 5) is 18.9. The Kier molecular flexibility index (Phi) is 5.05. The van der Waals surface area contributed by atoms with Gasteiger partial charge in [-0.25, -0.2) is 4.98 Å². The zero-order valence-corrected chi connectivity index (χ0v) is 18.4. The summed E-state index contributed by atoms with van der Waals surface area (Å²) in [5.74, 6) is 0.673. The molecule has 2 aromatic heterocycles. The fraction of sp³-hybridized carbons (Fsp3) is 0.240. The number of aromatic nitrogens is 2. The van der Waals surface area contributed by atoms with Crippen LogP contribution in [0.15, 0.2) is 58.7 Å². The molecule has 0 atom stereocenters. The molecule has 0 fully saturated rings. The molecule has 4 rings (SSSR count). The molecule has 30 heavy (non-hydrogen) atoms. The molecule has 0 amide bonds. The van der Waals surface area contributed by atoms with Crippen molar-refractivity contribution in [2.24, 2.45) is 0 Å². The molecule has 0 N–H and O–H groups in total. The van der Waals surface area contributed by atoms with Gasteiger partial charge in [0.2, 0.25) is 0 Å². The SMILES string of the molecule is Cc1nc2scc(-c3ccc(C(C)(C)C)cc3)c2c(=O)n1Cc1cccc(C#N)c1. The Labute approximate surface area is 180 Å². The Hall–Kier alpha value is -3.23. The van der Waals surface area contributed by atoms with Crippen molar-refractivity contribution in [3.8, 4) is 17.2 Å². The highest BCUT2D eigenvalue weighted by Gasteiger charge is 2.17. The maximum Gasteiger partial charge on any atom is 0.263 e. The van der Waals surface area contributed by atoms with E-state index < -0.39 is 0 Å². The first-order chi connectivity index (χ1) is 14.3. The van der Waals surface area contributed by atoms with Crippen LogP contribution >= 0.6 is 11.3 Å². The second-order valence-corrected chi connectivity index (χ2v) is 9.38. The van der Waals surface area contributed by atoms with Crippen molar-refractivity contribution < 1.29 is 0 Å². The minimum atomic E-state index is -0.0454. The van der Waals surface area contributed by atoms with Gasteiger partial charge >= 0.3 is 0 Å². The fourth-order valence-corrected chi connectivity index (χ4v) is 4.58. The first kappa shape index (κ1) is 20.1. The van der Waals surface area contributed by atoms with E-state index in [0.717, 1.165) is 21.5 Å². The van der Waals surface area contributed by atoms with E-state index >= 15 is 0 Å². The molecule has 0 aliphatic rings. The lowest BCUT2D eigenvalue weighted by Crippen LogP contribution is -2.24. The van der Waals surface area contributed by atoms with E-state index in [1.54, 1.807) is 10.6 Å². The second kappa shape index (κ2) is 7.55. The molecular weight excluding hydrogens is 390 g/mol. The summed E-state index contributed by atoms with van der Waals surface area (Å²) in [7, 11) is 0. The lowest BCUT2D eigenvalue weighted by atomic mass is 9.86. The highest BCUT2D eigenvalue weighted by Crippen LogP contribution is 2.32. The van der Waals surface area contributed by atoms with Crippen LogP contribution in [0.1, 0.15) is 43.3 Å². The van der Waals surface area contributed by atoms with Crippen molar-refractivity contribution >= 4 is 21.6 Å². The van der Waals surface area contributed by atoms with Gasteiger partial charge in [0, 0.05) is 10.9 Å². The van der Waals surface area contributed by atoms with Crippen LogP contribution in [0, 0.1) is 18.3 Å². The van der Waals surface area contributed by atoms with Crippen molar-refractivity contribution in [3.05, 3.63) is 86.8 Å². The first-order valence-corrected chi connectivity index (χ1v) is 10.7. The average Bonchev–Trinajstić information content (AvgIpc) is 3.14. The third kappa shape index (κ3) is 3.67. The molecule has 0 bridgehead atoms. The highest BCUT2D eigenvalue weighted by molar-refractivity contribution is 7.17. The van der Waals surface area contributed by atoms with Gasteiger partial charge in [-0.3, -0.25) is 9.36 Å². The smallest absolute Gasteiger partial charge is 0.263 e. The molecule has 0 spiro atoms. The van der Waals surface area contributed by atoms with Crippen LogP contribution in [-0.2, 0) is 12.0 Å². The summed E-state index contributed by atoms with van der Waals surface area (Å²) >= 11 is 1.50. The van der Waals surface area contributed by atoms with Gasteiger partial charge in [0.25, 0.3) is 5.56 Å². The molecule has 5 heteroatoms. The minimum absolute atomic E-state index is 0.0454. The molecule has 0 aliphatic heterocycles. The van der Waals surface area contributed by atoms with Crippen molar-refractivity contribution in [1.82, 2.24) is 9.55 Å². The van der Waals surface area contributed by atoms with E-state index in [0.29, 0.717) is 23.3 Å². The molecule has 4 aromatic rings. The van der Waals surface area contributed by atoms with Crippen LogP contribution in [-0.4, -0.2) is 9.55 Å². The largest absolute Gasteiger partial charge is 0.292 e. The molecule has 0 unspecified atom stereocenters. The minimum Gasteiger partial charge on any atom is -0.292 e. The lowest BCUT2D eigenvalue weighted by Gasteiger charge is -2.19. The van der Waals surface area contributed by atoms with Crippen molar-refractivity contribution in [3.63, 3.8) is 0 Å². The Morgan fingerprint density at radius 1 is 1.13 bits per heavy atom. The normalized spacial score (nSPS) is 11.6. The third-order valence-electron chi connectivity index (χ3n) is 5.34. The number of fused-ring (bicyclic) bond motifs is 1. The van der Waals surface area contributed by atoms with E-state index in [4.69, 9.17) is 10.2 Å². The van der Waals surface area contributed by atoms with E-state index in [-0.39, 0.29) is 11.0 Å². The fourth-order valence-electron chi connectivity index (χ4n) is 3.60. The Morgan fingerprint density at radius 2 is 1.87 bits per heavy atom. The second-order valence-electron chi connectivity index (χ2n) is 8.52. The Balaban J connectivity index is 1.82. The van der Waals surface area contributed by atoms with Crippen molar-refractivity contribution in [2.75, 3.05) is 0 Å². The summed E-state index contributed by atoms with van der Waals surface area (Å²) in [5.41, 5.74) is 4.74. The van der Waals surface area contributed by atoms with Gasteiger partial charge in [0.1, 0.15) is 10.7 Å². The number of hydrogen-bond acceptors (Lipinski definition) is 4. The summed E-state index contributed by atoms with van der Waals surface area (Å²) < 4.78 is 1.69. The molecule has 0 radical (unpaired) electrons. The number of benzene rings is 2. The maximum absolute atomic E-state index is 13.5. The number of thiophene rings is 1. The first-order valence-electron chi connectivity index (χ1n) is 9.86. The van der Waals surface area contributed by atoms with E-state index in [9.17, 15) is 4.79 Å². The highest BCUT2D eigenvalue weighted by atomic mass is 32.1. The van der Waals surface area contributed by atoms with Gasteiger partial charge in [-0.15, -0.1) is 11.3 Å².